The van der Waals surface area contributed by atoms with Crippen LogP contribution in [0.15, 0.2) is 23.8 Å². The summed E-state index contributed by atoms with van der Waals surface area (Å²) in [6, 6.07) is 4.22. The molecule has 5 nitrogen and oxygen atoms in total. The summed E-state index contributed by atoms with van der Waals surface area (Å²) in [5.74, 6) is 1.55. The highest BCUT2D eigenvalue weighted by Gasteiger charge is 2.46. The topological polar surface area (TPSA) is 51.2 Å². The van der Waals surface area contributed by atoms with Crippen molar-refractivity contribution < 1.29 is 19.3 Å². The van der Waals surface area contributed by atoms with Gasteiger partial charge in [0.15, 0.2) is 17.8 Å². The van der Waals surface area contributed by atoms with Gasteiger partial charge in [-0.3, -0.25) is 4.90 Å². The second kappa shape index (κ2) is 5.51. The van der Waals surface area contributed by atoms with Crippen molar-refractivity contribution in [1.82, 2.24) is 4.90 Å². The second-order valence-electron chi connectivity index (χ2n) is 6.58. The number of aliphatic hydroxyl groups excluding tert-OH is 1. The number of nitrogens with zero attached hydrogens (tertiary/aromatic N) is 1. The fourth-order valence-corrected chi connectivity index (χ4v) is 4.38. The van der Waals surface area contributed by atoms with Gasteiger partial charge in [0.25, 0.3) is 0 Å². The van der Waals surface area contributed by atoms with E-state index in [0.29, 0.717) is 17.5 Å². The Morgan fingerprint density at radius 3 is 2.57 bits per heavy atom. The molecule has 1 saturated heterocycles. The van der Waals surface area contributed by atoms with E-state index in [4.69, 9.17) is 14.2 Å². The summed E-state index contributed by atoms with van der Waals surface area (Å²) in [4.78, 5) is 2.39. The van der Waals surface area contributed by atoms with Crippen molar-refractivity contribution in [2.24, 2.45) is 0 Å². The number of likely N-dealkylation sites (tertiary alicyclic amines) is 1. The Morgan fingerprint density at radius 2 is 1.87 bits per heavy atom. The maximum Gasteiger partial charge on any atom is 0.181 e. The summed E-state index contributed by atoms with van der Waals surface area (Å²) in [7, 11) is 5.42. The zero-order valence-electron chi connectivity index (χ0n) is 13.8. The third kappa shape index (κ3) is 2.18. The Morgan fingerprint density at radius 1 is 1.17 bits per heavy atom. The van der Waals surface area contributed by atoms with Crippen LogP contribution in [0.1, 0.15) is 36.2 Å². The van der Waals surface area contributed by atoms with Crippen LogP contribution in [-0.2, 0) is 4.74 Å². The third-order valence-electron chi connectivity index (χ3n) is 5.48. The number of rotatable bonds is 2. The van der Waals surface area contributed by atoms with Gasteiger partial charge in [-0.2, -0.15) is 0 Å². The Balaban J connectivity index is 1.86. The fraction of sp³-hybridized carbons (Fsp3) is 0.556. The SMILES string of the molecule is COc1cc2c(cc1OC)[C@H](O)O[C@@H]1CC=C3CCN(C)[C@H]3[C@@H]21. The summed E-state index contributed by atoms with van der Waals surface area (Å²) >= 11 is 0. The average molecular weight is 317 g/mol. The van der Waals surface area contributed by atoms with Gasteiger partial charge in [0.2, 0.25) is 0 Å². The first-order valence-corrected chi connectivity index (χ1v) is 8.12. The van der Waals surface area contributed by atoms with Crippen LogP contribution >= 0.6 is 0 Å². The molecule has 0 radical (unpaired) electrons. The van der Waals surface area contributed by atoms with Gasteiger partial charge < -0.3 is 19.3 Å². The van der Waals surface area contributed by atoms with Gasteiger partial charge in [0, 0.05) is 24.1 Å². The Hall–Kier alpha value is -1.56. The predicted molar refractivity (Wildman–Crippen MR) is 85.9 cm³/mol. The van der Waals surface area contributed by atoms with Crippen LogP contribution in [0.3, 0.4) is 0 Å². The standard InChI is InChI=1S/C18H23NO4/c1-19-7-6-10-4-5-13-16(17(10)19)11-8-14(21-2)15(22-3)9-12(11)18(20)23-13/h4,8-9,13,16-18,20H,5-7H2,1-3H3/t13-,16+,17-,18-/m1/s1. The van der Waals surface area contributed by atoms with Gasteiger partial charge in [-0.05, 0) is 37.6 Å². The van der Waals surface area contributed by atoms with Gasteiger partial charge in [0.1, 0.15) is 0 Å². The average Bonchev–Trinajstić information content (AvgIpc) is 2.95. The smallest absolute Gasteiger partial charge is 0.181 e. The molecule has 5 heteroatoms. The van der Waals surface area contributed by atoms with Crippen molar-refractivity contribution in [1.29, 1.82) is 0 Å². The van der Waals surface area contributed by atoms with Crippen molar-refractivity contribution >= 4 is 0 Å². The lowest BCUT2D eigenvalue weighted by Crippen LogP contribution is -2.44. The Labute approximate surface area is 136 Å². The first-order chi connectivity index (χ1) is 11.1. The van der Waals surface area contributed by atoms with E-state index in [2.05, 4.69) is 18.0 Å². The number of hydrogen-bond donors (Lipinski definition) is 1. The first-order valence-electron chi connectivity index (χ1n) is 8.12. The van der Waals surface area contributed by atoms with Gasteiger partial charge in [-0.1, -0.05) is 11.6 Å². The lowest BCUT2D eigenvalue weighted by Gasteiger charge is -2.44. The molecule has 1 fully saturated rings. The highest BCUT2D eigenvalue weighted by Crippen LogP contribution is 2.50. The number of aliphatic hydroxyl groups is 1. The Kier molecular flexibility index (Phi) is 3.59. The van der Waals surface area contributed by atoms with Crippen molar-refractivity contribution in [2.75, 3.05) is 27.8 Å². The molecule has 2 aliphatic heterocycles. The van der Waals surface area contributed by atoms with Crippen LogP contribution < -0.4 is 9.47 Å². The molecule has 4 atom stereocenters. The molecule has 23 heavy (non-hydrogen) atoms. The molecule has 1 aromatic rings. The minimum Gasteiger partial charge on any atom is -0.493 e. The van der Waals surface area contributed by atoms with Crippen LogP contribution in [-0.4, -0.2) is 50.0 Å². The summed E-state index contributed by atoms with van der Waals surface area (Å²) < 4.78 is 16.8. The molecule has 3 aliphatic rings. The molecule has 1 aromatic carbocycles. The molecule has 0 bridgehead atoms. The van der Waals surface area contributed by atoms with Gasteiger partial charge in [-0.15, -0.1) is 0 Å². The van der Waals surface area contributed by atoms with E-state index >= 15 is 0 Å². The first kappa shape index (κ1) is 15.0. The molecule has 0 spiro atoms. The van der Waals surface area contributed by atoms with E-state index < -0.39 is 6.29 Å². The largest absolute Gasteiger partial charge is 0.493 e. The van der Waals surface area contributed by atoms with Crippen molar-refractivity contribution in [3.8, 4) is 11.5 Å². The van der Waals surface area contributed by atoms with Crippen LogP contribution in [0.5, 0.6) is 11.5 Å². The minimum absolute atomic E-state index is 0.00454. The van der Waals surface area contributed by atoms with E-state index in [0.717, 1.165) is 30.5 Å². The zero-order valence-corrected chi connectivity index (χ0v) is 13.8. The molecule has 0 unspecified atom stereocenters. The number of methoxy groups -OCH3 is 2. The van der Waals surface area contributed by atoms with E-state index in [-0.39, 0.29) is 12.0 Å². The fourth-order valence-electron chi connectivity index (χ4n) is 4.38. The molecule has 0 aromatic heterocycles. The molecule has 0 saturated carbocycles. The maximum absolute atomic E-state index is 10.4. The number of hydrogen-bond acceptors (Lipinski definition) is 5. The molecule has 1 N–H and O–H groups in total. The highest BCUT2D eigenvalue weighted by molar-refractivity contribution is 5.52. The van der Waals surface area contributed by atoms with Crippen molar-refractivity contribution in [2.45, 2.75) is 37.2 Å². The van der Waals surface area contributed by atoms with Gasteiger partial charge in [-0.25, -0.2) is 0 Å². The van der Waals surface area contributed by atoms with E-state index in [1.165, 1.54) is 5.57 Å². The lowest BCUT2D eigenvalue weighted by molar-refractivity contribution is -0.162. The molecule has 124 valence electrons. The number of likely N-dealkylation sites (N-methyl/N-ethyl adjacent to an activating group) is 1. The molecular formula is C18H23NO4. The Bertz CT molecular complexity index is 657. The van der Waals surface area contributed by atoms with E-state index in [1.54, 1.807) is 14.2 Å². The normalized spacial score (nSPS) is 32.6. The molecule has 4 rings (SSSR count). The molecule has 1 aliphatic carbocycles. The summed E-state index contributed by atoms with van der Waals surface area (Å²) in [5.41, 5.74) is 3.41. The minimum atomic E-state index is -0.910. The summed E-state index contributed by atoms with van der Waals surface area (Å²) in [6.45, 7) is 1.07. The monoisotopic (exact) mass is 317 g/mol. The third-order valence-corrected chi connectivity index (χ3v) is 5.48. The van der Waals surface area contributed by atoms with Gasteiger partial charge in [0.05, 0.1) is 20.3 Å². The van der Waals surface area contributed by atoms with Gasteiger partial charge >= 0.3 is 0 Å². The number of benzene rings is 1. The van der Waals surface area contributed by atoms with Crippen molar-refractivity contribution in [3.05, 3.63) is 34.9 Å². The molecular weight excluding hydrogens is 294 g/mol. The zero-order chi connectivity index (χ0) is 16.1. The van der Waals surface area contributed by atoms with E-state index in [1.807, 2.05) is 12.1 Å². The lowest BCUT2D eigenvalue weighted by atomic mass is 9.74. The predicted octanol–water partition coefficient (Wildman–Crippen LogP) is 2.21. The van der Waals surface area contributed by atoms with Crippen LogP contribution in [0.25, 0.3) is 0 Å². The number of ether oxygens (including phenoxy) is 3. The summed E-state index contributed by atoms with van der Waals surface area (Å²) in [5, 5.41) is 10.4. The number of fused-ring (bicyclic) bond motifs is 5. The molecule has 2 heterocycles. The summed E-state index contributed by atoms with van der Waals surface area (Å²) in [6.07, 6.45) is 3.37. The second-order valence-corrected chi connectivity index (χ2v) is 6.58. The highest BCUT2D eigenvalue weighted by atomic mass is 16.6. The van der Waals surface area contributed by atoms with Crippen LogP contribution in [0.2, 0.25) is 0 Å². The maximum atomic E-state index is 10.4. The van der Waals surface area contributed by atoms with Crippen LogP contribution in [0, 0.1) is 0 Å². The van der Waals surface area contributed by atoms with Crippen LogP contribution in [0.4, 0.5) is 0 Å². The molecule has 0 amide bonds. The quantitative estimate of drug-likeness (QED) is 0.848. The van der Waals surface area contributed by atoms with Crippen molar-refractivity contribution in [3.63, 3.8) is 0 Å². The van der Waals surface area contributed by atoms with E-state index in [9.17, 15) is 5.11 Å².